The molecule has 4 N–H and O–H groups in total. The Bertz CT molecular complexity index is 1580. The first kappa shape index (κ1) is 23.3. The lowest BCUT2D eigenvalue weighted by atomic mass is 10.1. The van der Waals surface area contributed by atoms with Crippen LogP contribution in [0.5, 0.6) is 0 Å². The fourth-order valence-corrected chi connectivity index (χ4v) is 5.76. The number of hydrogen-bond donors (Lipinski definition) is 3. The largest absolute Gasteiger partial charge is 0.378 e. The maximum Gasteiger partial charge on any atom is 0.143 e. The van der Waals surface area contributed by atoms with Crippen LogP contribution in [0.4, 0.5) is 5.82 Å². The summed E-state index contributed by atoms with van der Waals surface area (Å²) in [7, 11) is 0. The third-order valence-electron chi connectivity index (χ3n) is 7.70. The van der Waals surface area contributed by atoms with E-state index in [-0.39, 0.29) is 6.04 Å². The summed E-state index contributed by atoms with van der Waals surface area (Å²) in [5.41, 5.74) is 13.5. The average molecular weight is 509 g/mol. The number of nitrogens with two attached hydrogens (primary N) is 1. The summed E-state index contributed by atoms with van der Waals surface area (Å²) in [5.74, 6) is 0.961. The number of benzene rings is 1. The molecule has 9 nitrogen and oxygen atoms in total. The number of anilines is 1. The Labute approximate surface area is 221 Å². The normalized spacial score (nSPS) is 19.0. The van der Waals surface area contributed by atoms with Crippen LogP contribution in [0.2, 0.25) is 0 Å². The van der Waals surface area contributed by atoms with Crippen molar-refractivity contribution in [3.63, 3.8) is 0 Å². The third kappa shape index (κ3) is 4.53. The van der Waals surface area contributed by atoms with Crippen molar-refractivity contribution in [2.45, 2.75) is 25.4 Å². The summed E-state index contributed by atoms with van der Waals surface area (Å²) in [6, 6.07) is 15.4. The Hall–Kier alpha value is -3.79. The van der Waals surface area contributed by atoms with E-state index in [1.165, 1.54) is 12.0 Å². The number of nitrogens with one attached hydrogen (secondary N) is 2. The van der Waals surface area contributed by atoms with Crippen LogP contribution in [-0.2, 0) is 11.3 Å². The summed E-state index contributed by atoms with van der Waals surface area (Å²) in [6.07, 6.45) is 5.83. The van der Waals surface area contributed by atoms with Crippen LogP contribution < -0.4 is 10.6 Å². The number of hydrogen-bond acceptors (Lipinski definition) is 7. The summed E-state index contributed by atoms with van der Waals surface area (Å²) < 4.78 is 5.52. The zero-order chi connectivity index (χ0) is 25.5. The second kappa shape index (κ2) is 9.83. The van der Waals surface area contributed by atoms with Crippen LogP contribution in [0.15, 0.2) is 55.0 Å². The fraction of sp³-hybridized carbons (Fsp3) is 0.345. The lowest BCUT2D eigenvalue weighted by Crippen LogP contribution is -2.42. The molecule has 0 radical (unpaired) electrons. The molecule has 5 aromatic rings. The highest BCUT2D eigenvalue weighted by molar-refractivity contribution is 5.94. The first-order valence-corrected chi connectivity index (χ1v) is 13.4. The number of ether oxygens (including phenoxy) is 1. The molecular formula is C29H32N8O. The number of H-pyrrole nitrogens is 2. The van der Waals surface area contributed by atoms with Gasteiger partial charge in [-0.2, -0.15) is 0 Å². The number of nitrogens with zero attached hydrogens (tertiary/aromatic N) is 5. The van der Waals surface area contributed by atoms with Gasteiger partial charge in [-0.25, -0.2) is 9.97 Å². The topological polar surface area (TPSA) is 112 Å². The zero-order valence-corrected chi connectivity index (χ0v) is 21.4. The maximum absolute atomic E-state index is 6.19. The van der Waals surface area contributed by atoms with Gasteiger partial charge < -0.3 is 25.3 Å². The molecule has 9 heteroatoms. The summed E-state index contributed by atoms with van der Waals surface area (Å²) in [4.78, 5) is 25.5. The third-order valence-corrected chi connectivity index (χ3v) is 7.70. The molecule has 0 aliphatic carbocycles. The van der Waals surface area contributed by atoms with Crippen molar-refractivity contribution in [3.05, 3.63) is 60.6 Å². The van der Waals surface area contributed by atoms with Gasteiger partial charge in [-0.05, 0) is 66.9 Å². The molecule has 1 atom stereocenters. The van der Waals surface area contributed by atoms with E-state index in [1.54, 1.807) is 6.33 Å². The van der Waals surface area contributed by atoms with Gasteiger partial charge >= 0.3 is 0 Å². The number of aromatic amines is 2. The van der Waals surface area contributed by atoms with E-state index in [0.29, 0.717) is 0 Å². The minimum atomic E-state index is 0.281. The molecule has 0 saturated carbocycles. The van der Waals surface area contributed by atoms with E-state index in [0.717, 1.165) is 103 Å². The van der Waals surface area contributed by atoms with Gasteiger partial charge in [-0.1, -0.05) is 6.07 Å². The second-order valence-corrected chi connectivity index (χ2v) is 10.4. The first-order valence-electron chi connectivity index (χ1n) is 13.4. The van der Waals surface area contributed by atoms with Gasteiger partial charge in [0.25, 0.3) is 0 Å². The molecule has 7 rings (SSSR count). The highest BCUT2D eigenvalue weighted by Crippen LogP contribution is 2.32. The molecule has 2 saturated heterocycles. The van der Waals surface area contributed by atoms with Gasteiger partial charge in [0, 0.05) is 55.0 Å². The highest BCUT2D eigenvalue weighted by atomic mass is 16.5. The number of fused-ring (bicyclic) bond motifs is 2. The summed E-state index contributed by atoms with van der Waals surface area (Å²) in [6.45, 7) is 6.09. The van der Waals surface area contributed by atoms with Crippen LogP contribution in [0.25, 0.3) is 44.6 Å². The highest BCUT2D eigenvalue weighted by Gasteiger charge is 2.19. The molecule has 0 amide bonds. The van der Waals surface area contributed by atoms with E-state index in [2.05, 4.69) is 77.2 Å². The van der Waals surface area contributed by atoms with E-state index in [4.69, 9.17) is 10.5 Å². The predicted octanol–water partition coefficient (Wildman–Crippen LogP) is 3.93. The fourth-order valence-electron chi connectivity index (χ4n) is 5.76. The lowest BCUT2D eigenvalue weighted by molar-refractivity contribution is 0.122. The van der Waals surface area contributed by atoms with E-state index in [9.17, 15) is 0 Å². The van der Waals surface area contributed by atoms with Crippen molar-refractivity contribution in [2.75, 3.05) is 44.3 Å². The summed E-state index contributed by atoms with van der Waals surface area (Å²) in [5, 5.41) is 2.18. The monoisotopic (exact) mass is 508 g/mol. The second-order valence-electron chi connectivity index (χ2n) is 10.4. The van der Waals surface area contributed by atoms with Crippen LogP contribution in [0, 0.1) is 0 Å². The van der Waals surface area contributed by atoms with Gasteiger partial charge in [0.15, 0.2) is 0 Å². The predicted molar refractivity (Wildman–Crippen MR) is 150 cm³/mol. The molecule has 6 heterocycles. The van der Waals surface area contributed by atoms with Crippen LogP contribution in [0.3, 0.4) is 0 Å². The molecule has 0 spiro atoms. The Morgan fingerprint density at radius 2 is 1.87 bits per heavy atom. The van der Waals surface area contributed by atoms with Crippen molar-refractivity contribution >= 4 is 27.8 Å². The first-order chi connectivity index (χ1) is 18.7. The molecule has 38 heavy (non-hydrogen) atoms. The zero-order valence-electron chi connectivity index (χ0n) is 21.4. The molecule has 194 valence electrons. The number of morpholine rings is 1. The Morgan fingerprint density at radius 3 is 2.76 bits per heavy atom. The van der Waals surface area contributed by atoms with Gasteiger partial charge in [-0.15, -0.1) is 0 Å². The van der Waals surface area contributed by atoms with Crippen LogP contribution >= 0.6 is 0 Å². The SMILES string of the molecule is N[C@@H]1CCCN(Cc2ccnc(-c3cc4cc(-c5cc6c(N7CCOCC7)ncnc6[nH]5)ccc4[nH]3)c2)C1. The minimum absolute atomic E-state index is 0.281. The van der Waals surface area contributed by atoms with Gasteiger partial charge in [0.05, 0.1) is 30.0 Å². The van der Waals surface area contributed by atoms with Crippen LogP contribution in [-0.4, -0.2) is 75.3 Å². The summed E-state index contributed by atoms with van der Waals surface area (Å²) >= 11 is 0. The smallest absolute Gasteiger partial charge is 0.143 e. The average Bonchev–Trinajstić information content (AvgIpc) is 3.58. The van der Waals surface area contributed by atoms with E-state index < -0.39 is 0 Å². The number of piperidine rings is 1. The van der Waals surface area contributed by atoms with Gasteiger partial charge in [0.2, 0.25) is 0 Å². The van der Waals surface area contributed by atoms with Gasteiger partial charge in [-0.3, -0.25) is 9.88 Å². The maximum atomic E-state index is 6.19. The molecule has 0 unspecified atom stereocenters. The van der Waals surface area contributed by atoms with Crippen molar-refractivity contribution in [3.8, 4) is 22.6 Å². The van der Waals surface area contributed by atoms with E-state index >= 15 is 0 Å². The number of pyridine rings is 1. The van der Waals surface area contributed by atoms with Crippen molar-refractivity contribution in [1.29, 1.82) is 0 Å². The van der Waals surface area contributed by atoms with Gasteiger partial charge in [0.1, 0.15) is 17.8 Å². The lowest BCUT2D eigenvalue weighted by Gasteiger charge is -2.30. The number of likely N-dealkylation sites (tertiary alicyclic amines) is 1. The standard InChI is InChI=1S/C29H32N8O/c30-22-2-1-7-36(17-22)16-19-5-6-31-26(12-19)27-14-21-13-20(3-4-24(21)34-27)25-15-23-28(35-25)32-18-33-29(23)37-8-10-38-11-9-37/h3-6,12-15,18,22,34H,1-2,7-11,16-17,30H2,(H,32,33,35)/t22-/m1/s1. The Morgan fingerprint density at radius 1 is 0.947 bits per heavy atom. The van der Waals surface area contributed by atoms with Crippen LogP contribution in [0.1, 0.15) is 18.4 Å². The molecular weight excluding hydrogens is 476 g/mol. The van der Waals surface area contributed by atoms with E-state index in [1.807, 2.05) is 6.20 Å². The molecule has 2 aliphatic rings. The van der Waals surface area contributed by atoms with Crippen molar-refractivity contribution in [2.24, 2.45) is 5.73 Å². The van der Waals surface area contributed by atoms with Crippen molar-refractivity contribution in [1.82, 2.24) is 29.8 Å². The Balaban J connectivity index is 1.17. The molecule has 4 aromatic heterocycles. The number of rotatable bonds is 5. The molecule has 2 fully saturated rings. The molecule has 2 aliphatic heterocycles. The molecule has 1 aromatic carbocycles. The quantitative estimate of drug-likeness (QED) is 0.330. The minimum Gasteiger partial charge on any atom is -0.378 e. The Kier molecular flexibility index (Phi) is 6.04. The molecule has 0 bridgehead atoms. The van der Waals surface area contributed by atoms with Crippen molar-refractivity contribution < 1.29 is 4.74 Å². The number of aromatic nitrogens is 5.